The van der Waals surface area contributed by atoms with Gasteiger partial charge in [0, 0.05) is 50.8 Å². The molecule has 1 aliphatic carbocycles. The number of ether oxygens (including phenoxy) is 1. The lowest BCUT2D eigenvalue weighted by Gasteiger charge is -2.22. The minimum Gasteiger partial charge on any atom is -0.459 e. The second kappa shape index (κ2) is 10.9. The van der Waals surface area contributed by atoms with Crippen LogP contribution in [0, 0.1) is 6.92 Å². The van der Waals surface area contributed by atoms with E-state index in [0.717, 1.165) is 49.6 Å². The number of aryl methyl sites for hydroxylation is 1. The van der Waals surface area contributed by atoms with E-state index in [-0.39, 0.29) is 24.0 Å². The van der Waals surface area contributed by atoms with Gasteiger partial charge < -0.3 is 19.8 Å². The summed E-state index contributed by atoms with van der Waals surface area (Å²) in [6.45, 7) is 6.36. The highest BCUT2D eigenvalue weighted by atomic mass is 127. The highest BCUT2D eigenvalue weighted by Gasteiger charge is 2.28. The molecule has 0 radical (unpaired) electrons. The molecule has 0 spiro atoms. The number of fused-ring (bicyclic) bond motifs is 1. The van der Waals surface area contributed by atoms with Gasteiger partial charge in [0.05, 0.1) is 13.2 Å². The Bertz CT molecular complexity index is 743. The molecule has 0 bridgehead atoms. The lowest BCUT2D eigenvalue weighted by molar-refractivity contribution is 0.144. The van der Waals surface area contributed by atoms with E-state index < -0.39 is 0 Å². The molecule has 6 nitrogen and oxygen atoms in total. The van der Waals surface area contributed by atoms with Gasteiger partial charge in [-0.2, -0.15) is 0 Å². The fraction of sp³-hybridized carbons (Fsp3) is 0.550. The molecule has 0 aliphatic heterocycles. The van der Waals surface area contributed by atoms with Gasteiger partial charge in [-0.1, -0.05) is 18.2 Å². The fourth-order valence-corrected chi connectivity index (χ4v) is 3.22. The second-order valence-corrected chi connectivity index (χ2v) is 6.76. The molecule has 0 saturated heterocycles. The number of benzene rings is 1. The Hall–Kier alpha value is -1.32. The number of nitrogens with zero attached hydrogens (tertiary/aromatic N) is 2. The van der Waals surface area contributed by atoms with Gasteiger partial charge >= 0.3 is 0 Å². The number of rotatable bonds is 9. The Kier molecular flexibility index (Phi) is 8.85. The maximum atomic E-state index is 5.95. The first kappa shape index (κ1) is 22.0. The third-order valence-corrected chi connectivity index (χ3v) is 4.92. The summed E-state index contributed by atoms with van der Waals surface area (Å²) in [6.07, 6.45) is 2.62. The van der Waals surface area contributed by atoms with Gasteiger partial charge in [-0.3, -0.25) is 9.89 Å². The van der Waals surface area contributed by atoms with Crippen molar-refractivity contribution < 1.29 is 9.15 Å². The van der Waals surface area contributed by atoms with Crippen LogP contribution in [0.15, 0.2) is 33.7 Å². The number of guanidine groups is 1. The largest absolute Gasteiger partial charge is 0.459 e. The molecular formula is C20H31IN4O2. The predicted octanol–water partition coefficient (Wildman–Crippen LogP) is 3.14. The standard InChI is InChI=1S/C20H30N4O2.HI/c1-15-17-6-4-5-7-18(17)26-19(15)14-23-20(21-2)22-10-11-24(12-13-25-3)16-8-9-16;/h4-7,16H,8-14H2,1-3H3,(H2,21,22,23);1H. The van der Waals surface area contributed by atoms with Crippen molar-refractivity contribution in [3.63, 3.8) is 0 Å². The second-order valence-electron chi connectivity index (χ2n) is 6.76. The van der Waals surface area contributed by atoms with Crippen molar-refractivity contribution in [2.75, 3.05) is 40.4 Å². The van der Waals surface area contributed by atoms with Gasteiger partial charge in [-0.05, 0) is 25.8 Å². The van der Waals surface area contributed by atoms with Crippen molar-refractivity contribution in [1.29, 1.82) is 0 Å². The van der Waals surface area contributed by atoms with Crippen molar-refractivity contribution >= 4 is 40.9 Å². The first-order valence-corrected chi connectivity index (χ1v) is 9.37. The van der Waals surface area contributed by atoms with E-state index in [9.17, 15) is 0 Å². The number of furan rings is 1. The number of halogens is 1. The smallest absolute Gasteiger partial charge is 0.191 e. The summed E-state index contributed by atoms with van der Waals surface area (Å²) in [5.41, 5.74) is 2.12. The number of hydrogen-bond acceptors (Lipinski definition) is 4. The molecule has 1 saturated carbocycles. The highest BCUT2D eigenvalue weighted by molar-refractivity contribution is 14.0. The number of nitrogens with one attached hydrogen (secondary N) is 2. The zero-order valence-corrected chi connectivity index (χ0v) is 18.8. The average Bonchev–Trinajstić information content (AvgIpc) is 3.46. The number of methoxy groups -OCH3 is 1. The molecule has 1 fully saturated rings. The van der Waals surface area contributed by atoms with Gasteiger partial charge in [-0.15, -0.1) is 24.0 Å². The number of hydrogen-bond donors (Lipinski definition) is 2. The molecule has 0 amide bonds. The zero-order chi connectivity index (χ0) is 18.4. The van der Waals surface area contributed by atoms with Crippen molar-refractivity contribution in [1.82, 2.24) is 15.5 Å². The number of para-hydroxylation sites is 1. The Morgan fingerprint density at radius 1 is 1.26 bits per heavy atom. The molecule has 1 aliphatic rings. The van der Waals surface area contributed by atoms with Crippen LogP contribution in [0.2, 0.25) is 0 Å². The monoisotopic (exact) mass is 486 g/mol. The summed E-state index contributed by atoms with van der Waals surface area (Å²) in [5, 5.41) is 7.92. The van der Waals surface area contributed by atoms with Gasteiger partial charge in [0.25, 0.3) is 0 Å². The van der Waals surface area contributed by atoms with E-state index >= 15 is 0 Å². The molecule has 0 unspecified atom stereocenters. The summed E-state index contributed by atoms with van der Waals surface area (Å²) in [4.78, 5) is 6.81. The summed E-state index contributed by atoms with van der Waals surface area (Å²) in [5.74, 6) is 1.75. The third kappa shape index (κ3) is 6.08. The van der Waals surface area contributed by atoms with E-state index in [0.29, 0.717) is 6.54 Å². The Balaban J connectivity index is 0.00000261. The molecule has 1 aromatic carbocycles. The lowest BCUT2D eigenvalue weighted by Crippen LogP contribution is -2.42. The van der Waals surface area contributed by atoms with Crippen LogP contribution in [-0.4, -0.2) is 57.3 Å². The molecule has 0 atom stereocenters. The minimum absolute atomic E-state index is 0. The van der Waals surface area contributed by atoms with Crippen LogP contribution >= 0.6 is 24.0 Å². The molecular weight excluding hydrogens is 455 g/mol. The Morgan fingerprint density at radius 3 is 2.70 bits per heavy atom. The van der Waals surface area contributed by atoms with E-state index in [1.54, 1.807) is 14.2 Å². The maximum Gasteiger partial charge on any atom is 0.191 e. The van der Waals surface area contributed by atoms with Gasteiger partial charge in [-0.25, -0.2) is 0 Å². The van der Waals surface area contributed by atoms with E-state index in [4.69, 9.17) is 9.15 Å². The van der Waals surface area contributed by atoms with Crippen molar-refractivity contribution in [2.24, 2.45) is 4.99 Å². The molecule has 2 N–H and O–H groups in total. The van der Waals surface area contributed by atoms with E-state index in [1.807, 2.05) is 18.2 Å². The lowest BCUT2D eigenvalue weighted by atomic mass is 10.1. The van der Waals surface area contributed by atoms with Crippen LogP contribution in [0.3, 0.4) is 0 Å². The van der Waals surface area contributed by atoms with Gasteiger partial charge in [0.15, 0.2) is 5.96 Å². The normalized spacial score (nSPS) is 14.4. The minimum atomic E-state index is 0. The maximum absolute atomic E-state index is 5.95. The van der Waals surface area contributed by atoms with Crippen molar-refractivity contribution in [3.8, 4) is 0 Å². The SMILES string of the molecule is CN=C(NCCN(CCOC)C1CC1)NCc1oc2ccccc2c1C.I. The molecule has 2 aromatic rings. The zero-order valence-electron chi connectivity index (χ0n) is 16.5. The molecule has 3 rings (SSSR count). The van der Waals surface area contributed by atoms with Crippen LogP contribution in [0.25, 0.3) is 11.0 Å². The van der Waals surface area contributed by atoms with Crippen LogP contribution in [0.4, 0.5) is 0 Å². The first-order valence-electron chi connectivity index (χ1n) is 9.37. The molecule has 1 aromatic heterocycles. The van der Waals surface area contributed by atoms with Crippen molar-refractivity contribution in [2.45, 2.75) is 32.4 Å². The Labute approximate surface area is 178 Å². The summed E-state index contributed by atoms with van der Waals surface area (Å²) in [6, 6.07) is 8.87. The van der Waals surface area contributed by atoms with Gasteiger partial charge in [0.2, 0.25) is 0 Å². The quantitative estimate of drug-likeness (QED) is 0.324. The Morgan fingerprint density at radius 2 is 2.04 bits per heavy atom. The molecule has 7 heteroatoms. The van der Waals surface area contributed by atoms with Gasteiger partial charge in [0.1, 0.15) is 11.3 Å². The average molecular weight is 486 g/mol. The van der Waals surface area contributed by atoms with Crippen molar-refractivity contribution in [3.05, 3.63) is 35.6 Å². The topological polar surface area (TPSA) is 62.0 Å². The molecule has 27 heavy (non-hydrogen) atoms. The molecule has 150 valence electrons. The van der Waals surface area contributed by atoms with Crippen LogP contribution in [0.5, 0.6) is 0 Å². The van der Waals surface area contributed by atoms with E-state index in [2.05, 4.69) is 33.5 Å². The van der Waals surface area contributed by atoms with Crippen LogP contribution in [0.1, 0.15) is 24.2 Å². The summed E-state index contributed by atoms with van der Waals surface area (Å²) < 4.78 is 11.2. The molecule has 1 heterocycles. The summed E-state index contributed by atoms with van der Waals surface area (Å²) >= 11 is 0. The number of aliphatic imine (C=N–C) groups is 1. The highest BCUT2D eigenvalue weighted by Crippen LogP contribution is 2.26. The van der Waals surface area contributed by atoms with Crippen LogP contribution < -0.4 is 10.6 Å². The van der Waals surface area contributed by atoms with E-state index in [1.165, 1.54) is 23.8 Å². The fourth-order valence-electron chi connectivity index (χ4n) is 3.22. The summed E-state index contributed by atoms with van der Waals surface area (Å²) in [7, 11) is 3.56. The predicted molar refractivity (Wildman–Crippen MR) is 121 cm³/mol. The third-order valence-electron chi connectivity index (χ3n) is 4.92. The van der Waals surface area contributed by atoms with Crippen LogP contribution in [-0.2, 0) is 11.3 Å². The first-order chi connectivity index (χ1) is 12.7.